The van der Waals surface area contributed by atoms with E-state index in [1.807, 2.05) is 18.2 Å². The summed E-state index contributed by atoms with van der Waals surface area (Å²) in [7, 11) is 0. The number of anilines is 1. The zero-order chi connectivity index (χ0) is 13.7. The van der Waals surface area contributed by atoms with Gasteiger partial charge in [0.15, 0.2) is 0 Å². The Morgan fingerprint density at radius 2 is 1.95 bits per heavy atom. The van der Waals surface area contributed by atoms with E-state index in [2.05, 4.69) is 30.4 Å². The quantitative estimate of drug-likeness (QED) is 0.824. The van der Waals surface area contributed by atoms with Gasteiger partial charge in [-0.2, -0.15) is 0 Å². The molecule has 2 aromatic rings. The highest BCUT2D eigenvalue weighted by molar-refractivity contribution is 5.99. The van der Waals surface area contributed by atoms with Crippen molar-refractivity contribution in [1.82, 2.24) is 5.32 Å². The SMILES string of the molecule is Cc1cccc(CCNC(=O)c2ccccc2N)c1. The molecule has 0 spiro atoms. The molecule has 0 fully saturated rings. The van der Waals surface area contributed by atoms with Crippen LogP contribution in [0, 0.1) is 6.92 Å². The van der Waals surface area contributed by atoms with E-state index in [0.717, 1.165) is 6.42 Å². The fourth-order valence-electron chi connectivity index (χ4n) is 1.99. The Bertz CT molecular complexity index is 578. The molecule has 3 N–H and O–H groups in total. The van der Waals surface area contributed by atoms with Crippen molar-refractivity contribution in [3.8, 4) is 0 Å². The predicted molar refractivity (Wildman–Crippen MR) is 78.1 cm³/mol. The lowest BCUT2D eigenvalue weighted by Crippen LogP contribution is -2.26. The highest BCUT2D eigenvalue weighted by Crippen LogP contribution is 2.10. The zero-order valence-corrected chi connectivity index (χ0v) is 11.0. The number of nitrogens with one attached hydrogen (secondary N) is 1. The Labute approximate surface area is 113 Å². The van der Waals surface area contributed by atoms with Crippen LogP contribution in [0.3, 0.4) is 0 Å². The summed E-state index contributed by atoms with van der Waals surface area (Å²) in [4.78, 5) is 11.9. The number of nitrogens with two attached hydrogens (primary N) is 1. The van der Waals surface area contributed by atoms with Gasteiger partial charge in [-0.1, -0.05) is 42.0 Å². The summed E-state index contributed by atoms with van der Waals surface area (Å²) < 4.78 is 0. The molecule has 1 amide bonds. The first-order chi connectivity index (χ1) is 9.16. The van der Waals surface area contributed by atoms with E-state index in [0.29, 0.717) is 17.8 Å². The van der Waals surface area contributed by atoms with Crippen molar-refractivity contribution in [2.24, 2.45) is 0 Å². The maximum atomic E-state index is 11.9. The van der Waals surface area contributed by atoms with Gasteiger partial charge in [0, 0.05) is 12.2 Å². The molecule has 0 unspecified atom stereocenters. The van der Waals surface area contributed by atoms with E-state index < -0.39 is 0 Å². The fraction of sp³-hybridized carbons (Fsp3) is 0.188. The van der Waals surface area contributed by atoms with Crippen molar-refractivity contribution in [2.45, 2.75) is 13.3 Å². The van der Waals surface area contributed by atoms with Crippen LogP contribution in [0.4, 0.5) is 5.69 Å². The molecular weight excluding hydrogens is 236 g/mol. The van der Waals surface area contributed by atoms with Crippen molar-refractivity contribution in [2.75, 3.05) is 12.3 Å². The molecule has 19 heavy (non-hydrogen) atoms. The van der Waals surface area contributed by atoms with Crippen LogP contribution in [0.15, 0.2) is 48.5 Å². The summed E-state index contributed by atoms with van der Waals surface area (Å²) in [6, 6.07) is 15.4. The molecule has 0 radical (unpaired) electrons. The lowest BCUT2D eigenvalue weighted by molar-refractivity contribution is 0.0955. The Balaban J connectivity index is 1.90. The molecule has 0 aliphatic carbocycles. The first-order valence-corrected chi connectivity index (χ1v) is 6.35. The van der Waals surface area contributed by atoms with Crippen molar-refractivity contribution in [3.63, 3.8) is 0 Å². The van der Waals surface area contributed by atoms with Gasteiger partial charge in [0.05, 0.1) is 5.56 Å². The van der Waals surface area contributed by atoms with Crippen LogP contribution in [0.25, 0.3) is 0 Å². The molecule has 0 heterocycles. The molecule has 3 heteroatoms. The summed E-state index contributed by atoms with van der Waals surface area (Å²) in [6.07, 6.45) is 0.820. The maximum absolute atomic E-state index is 11.9. The highest BCUT2D eigenvalue weighted by Gasteiger charge is 2.07. The third-order valence-corrected chi connectivity index (χ3v) is 2.99. The van der Waals surface area contributed by atoms with Gasteiger partial charge < -0.3 is 11.1 Å². The summed E-state index contributed by atoms with van der Waals surface area (Å²) in [5.41, 5.74) is 9.26. The molecule has 0 bridgehead atoms. The summed E-state index contributed by atoms with van der Waals surface area (Å²) in [5, 5.41) is 2.89. The van der Waals surface area contributed by atoms with E-state index in [-0.39, 0.29) is 5.91 Å². The van der Waals surface area contributed by atoms with Crippen molar-refractivity contribution >= 4 is 11.6 Å². The van der Waals surface area contributed by atoms with Crippen LogP contribution in [-0.4, -0.2) is 12.5 Å². The summed E-state index contributed by atoms with van der Waals surface area (Å²) in [6.45, 7) is 2.67. The first kappa shape index (κ1) is 13.1. The highest BCUT2D eigenvalue weighted by atomic mass is 16.1. The van der Waals surface area contributed by atoms with Gasteiger partial charge in [0.2, 0.25) is 0 Å². The zero-order valence-electron chi connectivity index (χ0n) is 11.0. The number of rotatable bonds is 4. The Hall–Kier alpha value is -2.29. The minimum absolute atomic E-state index is 0.120. The molecule has 3 nitrogen and oxygen atoms in total. The average Bonchev–Trinajstić information content (AvgIpc) is 2.39. The number of carbonyl (C=O) groups excluding carboxylic acids is 1. The van der Waals surface area contributed by atoms with Gasteiger partial charge in [-0.05, 0) is 31.0 Å². The molecule has 0 aliphatic heterocycles. The molecule has 2 rings (SSSR count). The van der Waals surface area contributed by atoms with Gasteiger partial charge in [-0.15, -0.1) is 0 Å². The van der Waals surface area contributed by atoms with Crippen molar-refractivity contribution in [1.29, 1.82) is 0 Å². The third-order valence-electron chi connectivity index (χ3n) is 2.99. The monoisotopic (exact) mass is 254 g/mol. The normalized spacial score (nSPS) is 10.2. The number of benzene rings is 2. The first-order valence-electron chi connectivity index (χ1n) is 6.35. The molecule has 0 aromatic heterocycles. The van der Waals surface area contributed by atoms with E-state index in [1.165, 1.54) is 11.1 Å². The van der Waals surface area contributed by atoms with Crippen LogP contribution in [0.5, 0.6) is 0 Å². The van der Waals surface area contributed by atoms with Crippen molar-refractivity contribution < 1.29 is 4.79 Å². The molecule has 0 atom stereocenters. The van der Waals surface area contributed by atoms with Crippen molar-refractivity contribution in [3.05, 3.63) is 65.2 Å². The van der Waals surface area contributed by atoms with Crippen LogP contribution in [0.1, 0.15) is 21.5 Å². The van der Waals surface area contributed by atoms with Gasteiger partial charge in [-0.3, -0.25) is 4.79 Å². The van der Waals surface area contributed by atoms with Gasteiger partial charge in [0.25, 0.3) is 5.91 Å². The van der Waals surface area contributed by atoms with E-state index in [4.69, 9.17) is 5.73 Å². The lowest BCUT2D eigenvalue weighted by atomic mass is 10.1. The number of hydrogen-bond donors (Lipinski definition) is 2. The largest absolute Gasteiger partial charge is 0.398 e. The number of amides is 1. The Morgan fingerprint density at radius 3 is 2.68 bits per heavy atom. The summed E-state index contributed by atoms with van der Waals surface area (Å²) in [5.74, 6) is -0.120. The smallest absolute Gasteiger partial charge is 0.253 e. The Morgan fingerprint density at radius 1 is 1.16 bits per heavy atom. The number of aryl methyl sites for hydroxylation is 1. The predicted octanol–water partition coefficient (Wildman–Crippen LogP) is 2.55. The number of para-hydroxylation sites is 1. The van der Waals surface area contributed by atoms with Gasteiger partial charge in [-0.25, -0.2) is 0 Å². The van der Waals surface area contributed by atoms with Crippen LogP contribution < -0.4 is 11.1 Å². The molecular formula is C16H18N2O. The second-order valence-electron chi connectivity index (χ2n) is 4.58. The van der Waals surface area contributed by atoms with E-state index >= 15 is 0 Å². The topological polar surface area (TPSA) is 55.1 Å². The molecule has 0 aliphatic rings. The number of carbonyl (C=O) groups is 1. The third kappa shape index (κ3) is 3.58. The number of nitrogen functional groups attached to an aromatic ring is 1. The van der Waals surface area contributed by atoms with E-state index in [9.17, 15) is 4.79 Å². The second kappa shape index (κ2) is 6.05. The molecule has 2 aromatic carbocycles. The summed E-state index contributed by atoms with van der Waals surface area (Å²) >= 11 is 0. The van der Waals surface area contributed by atoms with Crippen LogP contribution in [-0.2, 0) is 6.42 Å². The van der Waals surface area contributed by atoms with Gasteiger partial charge in [0.1, 0.15) is 0 Å². The molecule has 0 saturated heterocycles. The minimum atomic E-state index is -0.120. The van der Waals surface area contributed by atoms with Gasteiger partial charge >= 0.3 is 0 Å². The fourth-order valence-corrected chi connectivity index (χ4v) is 1.99. The molecule has 98 valence electrons. The second-order valence-corrected chi connectivity index (χ2v) is 4.58. The van der Waals surface area contributed by atoms with Crippen LogP contribution >= 0.6 is 0 Å². The lowest BCUT2D eigenvalue weighted by Gasteiger charge is -2.07. The minimum Gasteiger partial charge on any atom is -0.398 e. The number of hydrogen-bond acceptors (Lipinski definition) is 2. The Kier molecular flexibility index (Phi) is 4.18. The van der Waals surface area contributed by atoms with Crippen LogP contribution in [0.2, 0.25) is 0 Å². The standard InChI is InChI=1S/C16H18N2O/c1-12-5-4-6-13(11-12)9-10-18-16(19)14-7-2-3-8-15(14)17/h2-8,11H,9-10,17H2,1H3,(H,18,19). The molecule has 0 saturated carbocycles. The average molecular weight is 254 g/mol. The maximum Gasteiger partial charge on any atom is 0.253 e. The van der Waals surface area contributed by atoms with E-state index in [1.54, 1.807) is 12.1 Å².